The average Bonchev–Trinajstić information content (AvgIpc) is 2.85. The third-order valence-electron chi connectivity index (χ3n) is 6.80. The van der Waals surface area contributed by atoms with Crippen molar-refractivity contribution in [3.8, 4) is 5.75 Å². The zero-order chi connectivity index (χ0) is 26.6. The van der Waals surface area contributed by atoms with Gasteiger partial charge in [0.05, 0.1) is 11.3 Å². The van der Waals surface area contributed by atoms with Crippen molar-refractivity contribution in [1.82, 2.24) is 4.90 Å². The molecule has 3 aromatic carbocycles. The highest BCUT2D eigenvalue weighted by molar-refractivity contribution is 6.70. The number of aryl methyl sites for hydroxylation is 1. The van der Waals surface area contributed by atoms with E-state index in [4.69, 9.17) is 4.43 Å². The van der Waals surface area contributed by atoms with Crippen molar-refractivity contribution in [3.05, 3.63) is 94.5 Å². The van der Waals surface area contributed by atoms with Crippen LogP contribution in [0.3, 0.4) is 0 Å². The number of para-hydroxylation sites is 1. The van der Waals surface area contributed by atoms with Crippen LogP contribution in [-0.4, -0.2) is 32.2 Å². The Morgan fingerprint density at radius 1 is 0.946 bits per heavy atom. The van der Waals surface area contributed by atoms with E-state index in [9.17, 15) is 4.79 Å². The third-order valence-corrected chi connectivity index (χ3v) is 7.65. The summed E-state index contributed by atoms with van der Waals surface area (Å²) in [6.45, 7) is 15.4. The van der Waals surface area contributed by atoms with Crippen LogP contribution in [0.4, 0.5) is 5.69 Å². The van der Waals surface area contributed by atoms with Crippen molar-refractivity contribution in [2.24, 2.45) is 0 Å². The molecule has 1 aliphatic heterocycles. The largest absolute Gasteiger partial charge is 0.544 e. The molecule has 0 unspecified atom stereocenters. The van der Waals surface area contributed by atoms with Crippen LogP contribution in [0.5, 0.6) is 5.75 Å². The van der Waals surface area contributed by atoms with Crippen molar-refractivity contribution in [1.29, 1.82) is 0 Å². The maximum absolute atomic E-state index is 13.9. The molecule has 37 heavy (non-hydrogen) atoms. The first kappa shape index (κ1) is 27.0. The van der Waals surface area contributed by atoms with Gasteiger partial charge in [0.25, 0.3) is 5.91 Å². The summed E-state index contributed by atoms with van der Waals surface area (Å²) < 4.78 is 6.11. The lowest BCUT2D eigenvalue weighted by atomic mass is 9.87. The molecule has 0 saturated heterocycles. The standard InChI is InChI=1S/C32H42N2O2Si/c1-32(2,3)27-16-12-25(13-17-27)23-34(22-20-24-14-18-28(19-15-24)36-37(4,5)6)31(35)29-11-7-9-26-10-8-21-33-30(26)29/h7,9,11-19,33H,8,10,20-23H2,1-6H3. The zero-order valence-electron chi connectivity index (χ0n) is 23.4. The van der Waals surface area contributed by atoms with Gasteiger partial charge in [-0.15, -0.1) is 0 Å². The summed E-state index contributed by atoms with van der Waals surface area (Å²) in [5.74, 6) is 1.02. The Morgan fingerprint density at radius 3 is 2.27 bits per heavy atom. The van der Waals surface area contributed by atoms with Crippen molar-refractivity contribution in [3.63, 3.8) is 0 Å². The van der Waals surface area contributed by atoms with Crippen LogP contribution < -0.4 is 9.74 Å². The Hall–Kier alpha value is -3.05. The van der Waals surface area contributed by atoms with Crippen LogP contribution in [0.25, 0.3) is 0 Å². The number of carbonyl (C=O) groups excluding carboxylic acids is 1. The lowest BCUT2D eigenvalue weighted by Gasteiger charge is -2.27. The second-order valence-electron chi connectivity index (χ2n) is 12.2. The van der Waals surface area contributed by atoms with E-state index < -0.39 is 8.32 Å². The maximum Gasteiger partial charge on any atom is 0.256 e. The first-order valence-corrected chi connectivity index (χ1v) is 16.9. The monoisotopic (exact) mass is 514 g/mol. The van der Waals surface area contributed by atoms with Gasteiger partial charge in [-0.05, 0) is 84.8 Å². The van der Waals surface area contributed by atoms with Crippen LogP contribution in [0.15, 0.2) is 66.7 Å². The van der Waals surface area contributed by atoms with Crippen LogP contribution in [0.1, 0.15) is 59.8 Å². The summed E-state index contributed by atoms with van der Waals surface area (Å²) in [5.41, 5.74) is 6.80. The Morgan fingerprint density at radius 2 is 1.62 bits per heavy atom. The van der Waals surface area contributed by atoms with E-state index in [1.165, 1.54) is 16.7 Å². The van der Waals surface area contributed by atoms with E-state index in [0.29, 0.717) is 13.1 Å². The van der Waals surface area contributed by atoms with Gasteiger partial charge >= 0.3 is 0 Å². The molecular formula is C32H42N2O2Si. The molecule has 0 spiro atoms. The van der Waals surface area contributed by atoms with E-state index in [2.05, 4.69) is 100 Å². The number of amides is 1. The van der Waals surface area contributed by atoms with Gasteiger partial charge < -0.3 is 14.6 Å². The number of hydrogen-bond acceptors (Lipinski definition) is 3. The second kappa shape index (κ2) is 11.1. The number of rotatable bonds is 8. The predicted molar refractivity (Wildman–Crippen MR) is 157 cm³/mol. The van der Waals surface area contributed by atoms with Gasteiger partial charge in [0.1, 0.15) is 5.75 Å². The van der Waals surface area contributed by atoms with Crippen LogP contribution in [0.2, 0.25) is 19.6 Å². The fraction of sp³-hybridized carbons (Fsp3) is 0.406. The minimum Gasteiger partial charge on any atom is -0.544 e. The molecule has 1 heterocycles. The smallest absolute Gasteiger partial charge is 0.256 e. The van der Waals surface area contributed by atoms with Gasteiger partial charge in [-0.2, -0.15) is 0 Å². The van der Waals surface area contributed by atoms with Gasteiger partial charge in [-0.1, -0.05) is 69.3 Å². The molecular weight excluding hydrogens is 472 g/mol. The Labute approximate surface area is 224 Å². The van der Waals surface area contributed by atoms with E-state index in [-0.39, 0.29) is 11.3 Å². The summed E-state index contributed by atoms with van der Waals surface area (Å²) in [6.07, 6.45) is 2.91. The quantitative estimate of drug-likeness (QED) is 0.318. The molecule has 1 amide bonds. The lowest BCUT2D eigenvalue weighted by Crippen LogP contribution is -2.33. The fourth-order valence-electron chi connectivity index (χ4n) is 4.78. The van der Waals surface area contributed by atoms with Crippen LogP contribution in [0, 0.1) is 0 Å². The van der Waals surface area contributed by atoms with Crippen molar-refractivity contribution in [2.75, 3.05) is 18.4 Å². The highest BCUT2D eigenvalue weighted by atomic mass is 28.4. The number of anilines is 1. The van der Waals surface area contributed by atoms with Crippen molar-refractivity contribution in [2.45, 2.75) is 71.6 Å². The molecule has 3 aromatic rings. The summed E-state index contributed by atoms with van der Waals surface area (Å²) in [4.78, 5) is 16.0. The summed E-state index contributed by atoms with van der Waals surface area (Å²) in [5, 5.41) is 3.50. The molecule has 4 nitrogen and oxygen atoms in total. The Balaban J connectivity index is 1.55. The normalized spacial score (nSPS) is 13.5. The zero-order valence-corrected chi connectivity index (χ0v) is 24.4. The molecule has 0 fully saturated rings. The molecule has 1 aliphatic rings. The number of carbonyl (C=O) groups is 1. The molecule has 0 aromatic heterocycles. The first-order chi connectivity index (χ1) is 17.5. The summed E-state index contributed by atoms with van der Waals surface area (Å²) in [7, 11) is -1.63. The highest BCUT2D eigenvalue weighted by Crippen LogP contribution is 2.28. The predicted octanol–water partition coefficient (Wildman–Crippen LogP) is 7.44. The van der Waals surface area contributed by atoms with Gasteiger partial charge in [0.15, 0.2) is 0 Å². The number of nitrogens with zero attached hydrogens (tertiary/aromatic N) is 1. The van der Waals surface area contributed by atoms with Gasteiger partial charge in [-0.3, -0.25) is 4.79 Å². The molecule has 0 radical (unpaired) electrons. The average molecular weight is 515 g/mol. The molecule has 5 heteroatoms. The molecule has 0 saturated carbocycles. The molecule has 196 valence electrons. The Kier molecular flexibility index (Phi) is 8.13. The minimum atomic E-state index is -1.63. The van der Waals surface area contributed by atoms with Crippen molar-refractivity contribution < 1.29 is 9.22 Å². The van der Waals surface area contributed by atoms with E-state index >= 15 is 0 Å². The highest BCUT2D eigenvalue weighted by Gasteiger charge is 2.23. The van der Waals surface area contributed by atoms with E-state index in [1.807, 2.05) is 17.0 Å². The number of nitrogens with one attached hydrogen (secondary N) is 1. The molecule has 1 N–H and O–H groups in total. The summed E-state index contributed by atoms with van der Waals surface area (Å²) >= 11 is 0. The maximum atomic E-state index is 13.9. The third kappa shape index (κ3) is 7.26. The van der Waals surface area contributed by atoms with E-state index in [0.717, 1.165) is 48.4 Å². The summed E-state index contributed by atoms with van der Waals surface area (Å²) in [6, 6.07) is 23.2. The van der Waals surface area contributed by atoms with Crippen molar-refractivity contribution >= 4 is 19.9 Å². The molecule has 4 rings (SSSR count). The topological polar surface area (TPSA) is 41.6 Å². The first-order valence-electron chi connectivity index (χ1n) is 13.5. The lowest BCUT2D eigenvalue weighted by molar-refractivity contribution is 0.0746. The molecule has 0 bridgehead atoms. The van der Waals surface area contributed by atoms with Crippen LogP contribution >= 0.6 is 0 Å². The second-order valence-corrected chi connectivity index (χ2v) is 16.6. The van der Waals surface area contributed by atoms with Gasteiger partial charge in [-0.25, -0.2) is 0 Å². The van der Waals surface area contributed by atoms with Gasteiger partial charge in [0.2, 0.25) is 8.32 Å². The molecule has 0 atom stereocenters. The molecule has 0 aliphatic carbocycles. The SMILES string of the molecule is CC(C)(C)c1ccc(CN(CCc2ccc(O[Si](C)(C)C)cc2)C(=O)c2cccc3c2NCCC3)cc1. The Bertz CT molecular complexity index is 1210. The fourth-order valence-corrected chi connectivity index (χ4v) is 5.63. The van der Waals surface area contributed by atoms with Gasteiger partial charge in [0, 0.05) is 19.6 Å². The number of benzene rings is 3. The number of fused-ring (bicyclic) bond motifs is 1. The van der Waals surface area contributed by atoms with E-state index in [1.54, 1.807) is 0 Å². The minimum absolute atomic E-state index is 0.0878. The number of hydrogen-bond donors (Lipinski definition) is 1. The van der Waals surface area contributed by atoms with Crippen LogP contribution in [-0.2, 0) is 24.8 Å².